The Morgan fingerprint density at radius 3 is 2.46 bits per heavy atom. The van der Waals surface area contributed by atoms with Crippen LogP contribution in [0.15, 0.2) is 51.8 Å². The summed E-state index contributed by atoms with van der Waals surface area (Å²) in [6.45, 7) is 0. The van der Waals surface area contributed by atoms with E-state index in [-0.39, 0.29) is 21.8 Å². The predicted molar refractivity (Wildman–Crippen MR) is 115 cm³/mol. The second kappa shape index (κ2) is 8.46. The van der Waals surface area contributed by atoms with Gasteiger partial charge in [-0.3, -0.25) is 9.52 Å². The highest BCUT2D eigenvalue weighted by atomic mass is 79.9. The number of thiocarbonyl (C=S) groups is 1. The van der Waals surface area contributed by atoms with Crippen molar-refractivity contribution >= 4 is 60.6 Å². The van der Waals surface area contributed by atoms with Crippen molar-refractivity contribution in [1.29, 1.82) is 0 Å². The first-order valence-corrected chi connectivity index (χ1v) is 11.1. The zero-order valence-electron chi connectivity index (χ0n) is 14.9. The zero-order valence-corrected chi connectivity index (χ0v) is 18.1. The lowest BCUT2D eigenvalue weighted by Gasteiger charge is -2.15. The minimum atomic E-state index is -3.83. The van der Waals surface area contributed by atoms with Gasteiger partial charge in [-0.2, -0.15) is 0 Å². The van der Waals surface area contributed by atoms with Crippen LogP contribution in [0, 0.1) is 5.92 Å². The molecule has 1 saturated carbocycles. The molecule has 3 N–H and O–H groups in total. The van der Waals surface area contributed by atoms with Crippen molar-refractivity contribution in [1.82, 2.24) is 5.32 Å². The zero-order chi connectivity index (χ0) is 20.3. The molecule has 0 aromatic heterocycles. The Kier molecular flexibility index (Phi) is 6.21. The summed E-state index contributed by atoms with van der Waals surface area (Å²) < 4.78 is 34.0. The summed E-state index contributed by atoms with van der Waals surface area (Å²) in [6.07, 6.45) is 1.71. The van der Waals surface area contributed by atoms with Gasteiger partial charge in [0.05, 0.1) is 17.7 Å². The van der Waals surface area contributed by atoms with E-state index in [2.05, 4.69) is 31.3 Å². The molecule has 0 saturated heterocycles. The summed E-state index contributed by atoms with van der Waals surface area (Å²) in [7, 11) is -2.37. The maximum absolute atomic E-state index is 12.7. The Bertz CT molecular complexity index is 1010. The topological polar surface area (TPSA) is 96.5 Å². The number of halogens is 1. The number of sulfonamides is 1. The fraction of sp³-hybridized carbons (Fsp3) is 0.222. The van der Waals surface area contributed by atoms with Gasteiger partial charge in [0.15, 0.2) is 5.11 Å². The van der Waals surface area contributed by atoms with Crippen molar-refractivity contribution in [2.45, 2.75) is 17.7 Å². The lowest BCUT2D eigenvalue weighted by Crippen LogP contribution is -2.35. The van der Waals surface area contributed by atoms with Crippen molar-refractivity contribution < 1.29 is 17.9 Å². The molecular weight excluding hydrogens is 466 g/mol. The highest BCUT2D eigenvalue weighted by Gasteiger charge is 2.30. The molecule has 1 aliphatic carbocycles. The lowest BCUT2D eigenvalue weighted by atomic mass is 10.3. The first-order chi connectivity index (χ1) is 13.3. The molecule has 0 aliphatic heterocycles. The van der Waals surface area contributed by atoms with Crippen molar-refractivity contribution in [3.63, 3.8) is 0 Å². The van der Waals surface area contributed by atoms with E-state index in [0.717, 1.165) is 17.3 Å². The standard InChI is InChI=1S/C18H18BrN3O4S2/c1-26-16-9-8-14(28(24,25)22-13-6-4-12(19)5-7-13)10-15(16)20-18(27)21-17(23)11-2-3-11/h4-11,22H,2-3H2,1H3,(H2,20,21,23,27). The number of nitrogens with one attached hydrogen (secondary N) is 3. The van der Waals surface area contributed by atoms with Crippen LogP contribution in [0.5, 0.6) is 5.75 Å². The molecule has 148 valence electrons. The molecule has 0 spiro atoms. The van der Waals surface area contributed by atoms with Gasteiger partial charge in [-0.25, -0.2) is 8.42 Å². The van der Waals surface area contributed by atoms with E-state index >= 15 is 0 Å². The van der Waals surface area contributed by atoms with E-state index in [1.54, 1.807) is 24.3 Å². The highest BCUT2D eigenvalue weighted by Crippen LogP contribution is 2.30. The molecule has 0 heterocycles. The van der Waals surface area contributed by atoms with Gasteiger partial charge in [-0.1, -0.05) is 15.9 Å². The van der Waals surface area contributed by atoms with Gasteiger partial charge in [0.25, 0.3) is 10.0 Å². The molecule has 28 heavy (non-hydrogen) atoms. The van der Waals surface area contributed by atoms with Crippen molar-refractivity contribution in [2.75, 3.05) is 17.1 Å². The summed E-state index contributed by atoms with van der Waals surface area (Å²) in [6, 6.07) is 11.1. The van der Waals surface area contributed by atoms with Crippen LogP contribution in [0.4, 0.5) is 11.4 Å². The Balaban J connectivity index is 1.79. The number of anilines is 2. The largest absolute Gasteiger partial charge is 0.495 e. The van der Waals surface area contributed by atoms with Crippen LogP contribution < -0.4 is 20.1 Å². The number of hydrogen-bond donors (Lipinski definition) is 3. The third-order valence-electron chi connectivity index (χ3n) is 4.01. The van der Waals surface area contributed by atoms with Gasteiger partial charge in [-0.15, -0.1) is 0 Å². The number of methoxy groups -OCH3 is 1. The Hall–Kier alpha value is -2.17. The number of benzene rings is 2. The van der Waals surface area contributed by atoms with Gasteiger partial charge < -0.3 is 15.4 Å². The molecule has 2 aromatic rings. The maximum atomic E-state index is 12.7. The number of amides is 1. The molecule has 3 rings (SSSR count). The van der Waals surface area contributed by atoms with Crippen LogP contribution in [0.3, 0.4) is 0 Å². The van der Waals surface area contributed by atoms with Crippen LogP contribution in [0.1, 0.15) is 12.8 Å². The van der Waals surface area contributed by atoms with E-state index in [0.29, 0.717) is 17.1 Å². The number of hydrogen-bond acceptors (Lipinski definition) is 5. The summed E-state index contributed by atoms with van der Waals surface area (Å²) >= 11 is 8.46. The SMILES string of the molecule is COc1ccc(S(=O)(=O)Nc2ccc(Br)cc2)cc1NC(=S)NC(=O)C1CC1. The van der Waals surface area contributed by atoms with Crippen LogP contribution >= 0.6 is 28.1 Å². The van der Waals surface area contributed by atoms with Crippen LogP contribution in [-0.4, -0.2) is 26.5 Å². The Morgan fingerprint density at radius 1 is 1.18 bits per heavy atom. The molecule has 1 amide bonds. The van der Waals surface area contributed by atoms with E-state index < -0.39 is 10.0 Å². The monoisotopic (exact) mass is 483 g/mol. The van der Waals surface area contributed by atoms with Gasteiger partial charge >= 0.3 is 0 Å². The smallest absolute Gasteiger partial charge is 0.261 e. The van der Waals surface area contributed by atoms with E-state index in [1.165, 1.54) is 25.3 Å². The average Bonchev–Trinajstić information content (AvgIpc) is 3.48. The molecule has 0 radical (unpaired) electrons. The molecule has 0 bridgehead atoms. The van der Waals surface area contributed by atoms with E-state index in [9.17, 15) is 13.2 Å². The summed E-state index contributed by atoms with van der Waals surface area (Å²) in [4.78, 5) is 11.9. The molecule has 7 nitrogen and oxygen atoms in total. The number of carbonyl (C=O) groups excluding carboxylic acids is 1. The van der Waals surface area contributed by atoms with Gasteiger partial charge in [0.2, 0.25) is 5.91 Å². The lowest BCUT2D eigenvalue weighted by molar-refractivity contribution is -0.120. The molecule has 0 atom stereocenters. The van der Waals surface area contributed by atoms with Gasteiger partial charge in [-0.05, 0) is 67.5 Å². The van der Waals surface area contributed by atoms with Crippen molar-refractivity contribution in [3.8, 4) is 5.75 Å². The predicted octanol–water partition coefficient (Wildman–Crippen LogP) is 3.48. The Morgan fingerprint density at radius 2 is 1.86 bits per heavy atom. The summed E-state index contributed by atoms with van der Waals surface area (Å²) in [5.41, 5.74) is 0.767. The minimum absolute atomic E-state index is 0.00321. The maximum Gasteiger partial charge on any atom is 0.261 e. The van der Waals surface area contributed by atoms with Crippen LogP contribution in [-0.2, 0) is 14.8 Å². The molecule has 2 aromatic carbocycles. The van der Waals surface area contributed by atoms with E-state index in [1.807, 2.05) is 0 Å². The van der Waals surface area contributed by atoms with Gasteiger partial charge in [0, 0.05) is 16.1 Å². The third kappa shape index (κ3) is 5.21. The minimum Gasteiger partial charge on any atom is -0.495 e. The average molecular weight is 484 g/mol. The molecule has 1 fully saturated rings. The number of ether oxygens (including phenoxy) is 1. The molecule has 10 heteroatoms. The first-order valence-electron chi connectivity index (χ1n) is 8.37. The van der Waals surface area contributed by atoms with Crippen LogP contribution in [0.2, 0.25) is 0 Å². The fourth-order valence-electron chi connectivity index (χ4n) is 2.40. The summed E-state index contributed by atoms with van der Waals surface area (Å²) in [5, 5.41) is 5.52. The number of carbonyl (C=O) groups is 1. The van der Waals surface area contributed by atoms with Crippen molar-refractivity contribution in [2.24, 2.45) is 5.92 Å². The quantitative estimate of drug-likeness (QED) is 0.544. The van der Waals surface area contributed by atoms with Crippen molar-refractivity contribution in [3.05, 3.63) is 46.9 Å². The second-order valence-electron chi connectivity index (χ2n) is 6.19. The number of rotatable bonds is 6. The second-order valence-corrected chi connectivity index (χ2v) is 9.20. The highest BCUT2D eigenvalue weighted by molar-refractivity contribution is 9.10. The van der Waals surface area contributed by atoms with E-state index in [4.69, 9.17) is 17.0 Å². The summed E-state index contributed by atoms with van der Waals surface area (Å²) in [5.74, 6) is 0.256. The van der Waals surface area contributed by atoms with Gasteiger partial charge in [0.1, 0.15) is 5.75 Å². The molecule has 0 unspecified atom stereocenters. The fourth-order valence-corrected chi connectivity index (χ4v) is 3.96. The normalized spacial score (nSPS) is 13.5. The first kappa shape index (κ1) is 20.6. The van der Waals surface area contributed by atoms with Crippen LogP contribution in [0.25, 0.3) is 0 Å². The Labute approximate surface area is 177 Å². The molecular formula is C18H18BrN3O4S2. The third-order valence-corrected chi connectivity index (χ3v) is 6.12. The molecule has 1 aliphatic rings.